The summed E-state index contributed by atoms with van der Waals surface area (Å²) in [6, 6.07) is 0. The third-order valence-corrected chi connectivity index (χ3v) is 2.59. The highest BCUT2D eigenvalue weighted by Crippen LogP contribution is 2.25. The Balaban J connectivity index is 2.93. The molecular formula is C7H11N3O6. The van der Waals surface area contributed by atoms with Gasteiger partial charge in [-0.05, 0) is 0 Å². The van der Waals surface area contributed by atoms with Crippen LogP contribution in [0.2, 0.25) is 0 Å². The van der Waals surface area contributed by atoms with Gasteiger partial charge < -0.3 is 10.0 Å². The topological polar surface area (TPSA) is 127 Å². The number of carbonyl (C=O) groups excluding carboxylic acids is 1. The molecular weight excluding hydrogens is 222 g/mol. The molecule has 0 bridgehead atoms. The molecule has 1 aliphatic heterocycles. The predicted molar refractivity (Wildman–Crippen MR) is 49.6 cm³/mol. The molecule has 9 heteroatoms. The quantitative estimate of drug-likeness (QED) is 0.371. The number of aliphatic hydroxyl groups excluding tert-OH is 1. The highest BCUT2D eigenvalue weighted by Gasteiger charge is 2.60. The second-order valence-electron chi connectivity index (χ2n) is 3.54. The Morgan fingerprint density at radius 2 is 1.94 bits per heavy atom. The van der Waals surface area contributed by atoms with Gasteiger partial charge in [0.05, 0.1) is 6.61 Å². The number of piperidine rings is 1. The number of hydrogen-bond donors (Lipinski definition) is 1. The van der Waals surface area contributed by atoms with Crippen LogP contribution in [0.1, 0.15) is 12.8 Å². The maximum absolute atomic E-state index is 11.3. The Kier molecular flexibility index (Phi) is 3.38. The summed E-state index contributed by atoms with van der Waals surface area (Å²) < 4.78 is 0. The first-order chi connectivity index (χ1) is 7.44. The molecule has 0 atom stereocenters. The molecule has 1 saturated heterocycles. The lowest BCUT2D eigenvalue weighted by Gasteiger charge is -2.30. The van der Waals surface area contributed by atoms with Crippen molar-refractivity contribution in [3.8, 4) is 0 Å². The zero-order valence-electron chi connectivity index (χ0n) is 8.37. The summed E-state index contributed by atoms with van der Waals surface area (Å²) in [5.74, 6) is -0.409. The first kappa shape index (κ1) is 12.3. The van der Waals surface area contributed by atoms with Gasteiger partial charge in [0.2, 0.25) is 5.91 Å². The van der Waals surface area contributed by atoms with E-state index in [2.05, 4.69) is 0 Å². The molecule has 1 N–H and O–H groups in total. The Bertz CT molecular complexity index is 316. The molecule has 1 aliphatic rings. The summed E-state index contributed by atoms with van der Waals surface area (Å²) in [7, 11) is 0. The fraction of sp³-hybridized carbons (Fsp3) is 0.857. The van der Waals surface area contributed by atoms with Gasteiger partial charge >= 0.3 is 5.66 Å². The predicted octanol–water partition coefficient (Wildman–Crippen LogP) is -1.15. The van der Waals surface area contributed by atoms with Crippen LogP contribution < -0.4 is 0 Å². The van der Waals surface area contributed by atoms with Crippen molar-refractivity contribution in [3.05, 3.63) is 20.2 Å². The van der Waals surface area contributed by atoms with Gasteiger partial charge in [0.25, 0.3) is 0 Å². The number of likely N-dealkylation sites (tertiary alicyclic amines) is 1. The van der Waals surface area contributed by atoms with Crippen LogP contribution >= 0.6 is 0 Å². The first-order valence-electron chi connectivity index (χ1n) is 4.61. The third-order valence-electron chi connectivity index (χ3n) is 2.59. The van der Waals surface area contributed by atoms with Crippen molar-refractivity contribution in [3.63, 3.8) is 0 Å². The maximum atomic E-state index is 11.3. The molecule has 0 radical (unpaired) electrons. The van der Waals surface area contributed by atoms with Gasteiger partial charge in [0, 0.05) is 13.0 Å². The van der Waals surface area contributed by atoms with Crippen LogP contribution in [0.3, 0.4) is 0 Å². The average molecular weight is 233 g/mol. The Morgan fingerprint density at radius 3 is 2.38 bits per heavy atom. The van der Waals surface area contributed by atoms with Crippen LogP contribution in [0, 0.1) is 20.2 Å². The molecule has 0 saturated carbocycles. The van der Waals surface area contributed by atoms with Gasteiger partial charge in [-0.2, -0.15) is 0 Å². The molecule has 16 heavy (non-hydrogen) atoms. The maximum Gasteiger partial charge on any atom is 0.475 e. The van der Waals surface area contributed by atoms with E-state index in [0.717, 1.165) is 4.90 Å². The summed E-state index contributed by atoms with van der Waals surface area (Å²) in [6.45, 7) is -1.09. The molecule has 0 spiro atoms. The van der Waals surface area contributed by atoms with E-state index in [9.17, 15) is 25.0 Å². The molecule has 0 aliphatic carbocycles. The number of rotatable bonds is 4. The molecule has 0 aromatic rings. The van der Waals surface area contributed by atoms with Gasteiger partial charge in [-0.15, -0.1) is 0 Å². The van der Waals surface area contributed by atoms with Crippen LogP contribution in [0.5, 0.6) is 0 Å². The fourth-order valence-electron chi connectivity index (χ4n) is 1.63. The van der Waals surface area contributed by atoms with Crippen molar-refractivity contribution in [2.75, 3.05) is 19.7 Å². The van der Waals surface area contributed by atoms with E-state index in [1.807, 2.05) is 0 Å². The Hall–Kier alpha value is -1.77. The van der Waals surface area contributed by atoms with Crippen molar-refractivity contribution in [1.82, 2.24) is 4.90 Å². The molecule has 90 valence electrons. The normalized spacial score (nSPS) is 19.6. The van der Waals surface area contributed by atoms with Crippen molar-refractivity contribution in [2.45, 2.75) is 18.5 Å². The number of nitro groups is 2. The lowest BCUT2D eigenvalue weighted by Crippen LogP contribution is -2.59. The van der Waals surface area contributed by atoms with E-state index >= 15 is 0 Å². The molecule has 0 unspecified atom stereocenters. The van der Waals surface area contributed by atoms with Gasteiger partial charge in [-0.3, -0.25) is 25.0 Å². The number of amides is 1. The van der Waals surface area contributed by atoms with Crippen molar-refractivity contribution in [1.29, 1.82) is 0 Å². The van der Waals surface area contributed by atoms with Crippen molar-refractivity contribution >= 4 is 5.91 Å². The minimum absolute atomic E-state index is 0.123. The summed E-state index contributed by atoms with van der Waals surface area (Å²) in [6.07, 6.45) is -0.657. The first-order valence-corrected chi connectivity index (χ1v) is 4.61. The van der Waals surface area contributed by atoms with Gasteiger partial charge in [-0.1, -0.05) is 0 Å². The summed E-state index contributed by atoms with van der Waals surface area (Å²) in [5, 5.41) is 30.1. The highest BCUT2D eigenvalue weighted by atomic mass is 16.7. The smallest absolute Gasteiger partial charge is 0.395 e. The van der Waals surface area contributed by atoms with Crippen molar-refractivity contribution in [2.24, 2.45) is 0 Å². The number of hydrogen-bond acceptors (Lipinski definition) is 6. The van der Waals surface area contributed by atoms with E-state index < -0.39 is 34.4 Å². The van der Waals surface area contributed by atoms with Crippen LogP contribution in [-0.4, -0.2) is 51.1 Å². The van der Waals surface area contributed by atoms with Crippen molar-refractivity contribution < 1.29 is 19.7 Å². The molecule has 1 amide bonds. The van der Waals surface area contributed by atoms with Gasteiger partial charge in [0.1, 0.15) is 16.3 Å². The number of nitrogens with zero attached hydrogens (tertiary/aromatic N) is 3. The van der Waals surface area contributed by atoms with Crippen LogP contribution in [0.15, 0.2) is 0 Å². The molecule has 1 heterocycles. The Labute approximate surface area is 89.9 Å². The molecule has 1 fully saturated rings. The van der Waals surface area contributed by atoms with E-state index in [0.29, 0.717) is 0 Å². The average Bonchev–Trinajstić information content (AvgIpc) is 2.21. The Morgan fingerprint density at radius 1 is 1.38 bits per heavy atom. The second kappa shape index (κ2) is 4.39. The number of carbonyl (C=O) groups is 1. The minimum atomic E-state index is -2.33. The molecule has 0 aromatic carbocycles. The minimum Gasteiger partial charge on any atom is -0.395 e. The van der Waals surface area contributed by atoms with Crippen LogP contribution in [0.25, 0.3) is 0 Å². The van der Waals surface area contributed by atoms with E-state index in [1.54, 1.807) is 0 Å². The fourth-order valence-corrected chi connectivity index (χ4v) is 1.63. The van der Waals surface area contributed by atoms with Crippen LogP contribution in [0.4, 0.5) is 0 Å². The third kappa shape index (κ3) is 1.94. The molecule has 0 aromatic heterocycles. The van der Waals surface area contributed by atoms with E-state index in [4.69, 9.17) is 5.11 Å². The zero-order valence-corrected chi connectivity index (χ0v) is 8.37. The number of aliphatic hydroxyl groups is 1. The van der Waals surface area contributed by atoms with Gasteiger partial charge in [-0.25, -0.2) is 0 Å². The SMILES string of the molecule is O=C1CCC([N+](=O)[O-])([N+](=O)[O-])CN1CCO. The lowest BCUT2D eigenvalue weighted by atomic mass is 9.99. The zero-order chi connectivity index (χ0) is 12.3. The van der Waals surface area contributed by atoms with Gasteiger partial charge in [0.15, 0.2) is 6.54 Å². The summed E-state index contributed by atoms with van der Waals surface area (Å²) in [5.41, 5.74) is -2.33. The second-order valence-corrected chi connectivity index (χ2v) is 3.54. The summed E-state index contributed by atoms with van der Waals surface area (Å²) in [4.78, 5) is 31.8. The molecule has 9 nitrogen and oxygen atoms in total. The lowest BCUT2D eigenvalue weighted by molar-refractivity contribution is -0.797. The number of β-amino-alcohol motifs (C(OH)–C–C–N with tert-alkyl or cyclic N) is 1. The standard InChI is InChI=1S/C7H11N3O6/c11-4-3-8-5-7(9(13)14,10(15)16)2-1-6(8)12/h11H,1-5H2. The summed E-state index contributed by atoms with van der Waals surface area (Å²) >= 11 is 0. The van der Waals surface area contributed by atoms with Crippen LogP contribution in [-0.2, 0) is 4.79 Å². The monoisotopic (exact) mass is 233 g/mol. The highest BCUT2D eigenvalue weighted by molar-refractivity contribution is 5.77. The molecule has 1 rings (SSSR count). The largest absolute Gasteiger partial charge is 0.475 e. The van der Waals surface area contributed by atoms with E-state index in [1.165, 1.54) is 0 Å². The van der Waals surface area contributed by atoms with E-state index in [-0.39, 0.29) is 19.6 Å².